The third-order valence-corrected chi connectivity index (χ3v) is 5.71. The van der Waals surface area contributed by atoms with Gasteiger partial charge in [0.2, 0.25) is 5.88 Å². The van der Waals surface area contributed by atoms with Gasteiger partial charge >= 0.3 is 0 Å². The molecule has 1 saturated carbocycles. The van der Waals surface area contributed by atoms with Crippen molar-refractivity contribution in [3.05, 3.63) is 71.4 Å². The van der Waals surface area contributed by atoms with E-state index in [-0.39, 0.29) is 6.10 Å². The van der Waals surface area contributed by atoms with Crippen LogP contribution in [0.3, 0.4) is 0 Å². The lowest BCUT2D eigenvalue weighted by molar-refractivity contribution is 0.118. The summed E-state index contributed by atoms with van der Waals surface area (Å²) in [6, 6.07) is 18.3. The van der Waals surface area contributed by atoms with Gasteiger partial charge in [0, 0.05) is 19.6 Å². The van der Waals surface area contributed by atoms with Crippen LogP contribution in [0.15, 0.2) is 54.6 Å². The molecule has 31 heavy (non-hydrogen) atoms. The molecule has 0 spiro atoms. The van der Waals surface area contributed by atoms with Crippen LogP contribution >= 0.6 is 0 Å². The summed E-state index contributed by atoms with van der Waals surface area (Å²) in [5.41, 5.74) is 4.33. The Labute approximate surface area is 185 Å². The summed E-state index contributed by atoms with van der Waals surface area (Å²) in [5.74, 6) is 2.31. The number of nitrogens with zero attached hydrogens (tertiary/aromatic N) is 3. The van der Waals surface area contributed by atoms with Crippen LogP contribution < -0.4 is 4.74 Å². The minimum Gasteiger partial charge on any atom is -0.439 e. The lowest BCUT2D eigenvalue weighted by Gasteiger charge is -2.24. The highest BCUT2D eigenvalue weighted by atomic mass is 16.5. The highest BCUT2D eigenvalue weighted by Crippen LogP contribution is 2.34. The van der Waals surface area contributed by atoms with Crippen molar-refractivity contribution in [1.29, 1.82) is 0 Å². The molecule has 1 fully saturated rings. The highest BCUT2D eigenvalue weighted by molar-refractivity contribution is 5.44. The first kappa shape index (κ1) is 21.6. The molecule has 1 aromatic heterocycles. The van der Waals surface area contributed by atoms with E-state index < -0.39 is 0 Å². The fraction of sp³-hybridized carbons (Fsp3) is 0.423. The van der Waals surface area contributed by atoms with E-state index in [9.17, 15) is 5.11 Å². The monoisotopic (exact) mass is 419 g/mol. The average Bonchev–Trinajstić information content (AvgIpc) is 3.51. The summed E-state index contributed by atoms with van der Waals surface area (Å²) in [4.78, 5) is 2.36. The first-order chi connectivity index (χ1) is 15.0. The molecule has 1 aliphatic rings. The van der Waals surface area contributed by atoms with Crippen molar-refractivity contribution in [3.8, 4) is 17.3 Å². The largest absolute Gasteiger partial charge is 0.439 e. The lowest BCUT2D eigenvalue weighted by Crippen LogP contribution is -2.32. The number of aliphatic hydroxyl groups excluding tert-OH is 1. The smallest absolute Gasteiger partial charge is 0.227 e. The summed E-state index contributed by atoms with van der Waals surface area (Å²) in [5, 5.41) is 15.0. The number of aromatic nitrogens is 2. The molecule has 164 valence electrons. The fourth-order valence-corrected chi connectivity index (χ4v) is 3.95. The molecule has 0 unspecified atom stereocenters. The van der Waals surface area contributed by atoms with Gasteiger partial charge in [-0.25, -0.2) is 4.68 Å². The molecule has 0 radical (unpaired) electrons. The van der Waals surface area contributed by atoms with Crippen molar-refractivity contribution in [2.75, 3.05) is 13.1 Å². The standard InChI is InChI=1S/C26H33N3O2/c1-4-25-24(18-28(16-20(3)30)17-21-12-13-21)26(31-23-14-10-19(2)11-15-23)29(27-25)22-8-6-5-7-9-22/h5-11,14-15,20-21,30H,4,12-13,16-18H2,1-3H3/t20-/m1/s1. The summed E-state index contributed by atoms with van der Waals surface area (Å²) in [6.45, 7) is 8.45. The molecule has 1 atom stereocenters. The topological polar surface area (TPSA) is 50.5 Å². The highest BCUT2D eigenvalue weighted by Gasteiger charge is 2.28. The van der Waals surface area contributed by atoms with Crippen LogP contribution in [0.5, 0.6) is 11.6 Å². The zero-order chi connectivity index (χ0) is 21.8. The number of rotatable bonds is 10. The molecular weight excluding hydrogens is 386 g/mol. The van der Waals surface area contributed by atoms with E-state index in [0.717, 1.165) is 54.0 Å². The number of hydrogen-bond acceptors (Lipinski definition) is 4. The van der Waals surface area contributed by atoms with E-state index in [1.165, 1.54) is 18.4 Å². The Hall–Kier alpha value is -2.63. The molecule has 0 saturated heterocycles. The Balaban J connectivity index is 1.74. The third kappa shape index (κ3) is 5.54. The van der Waals surface area contributed by atoms with Crippen molar-refractivity contribution in [2.45, 2.75) is 52.7 Å². The molecule has 1 N–H and O–H groups in total. The maximum atomic E-state index is 10.1. The number of para-hydroxylation sites is 1. The van der Waals surface area contributed by atoms with Gasteiger partial charge in [0.15, 0.2) is 0 Å². The molecule has 2 aromatic carbocycles. The number of ether oxygens (including phenoxy) is 1. The van der Waals surface area contributed by atoms with Gasteiger partial charge in [-0.1, -0.05) is 42.8 Å². The summed E-state index contributed by atoms with van der Waals surface area (Å²) >= 11 is 0. The summed E-state index contributed by atoms with van der Waals surface area (Å²) < 4.78 is 8.39. The molecule has 5 heteroatoms. The number of benzene rings is 2. The predicted octanol–water partition coefficient (Wildman–Crippen LogP) is 5.13. The van der Waals surface area contributed by atoms with Crippen molar-refractivity contribution < 1.29 is 9.84 Å². The van der Waals surface area contributed by atoms with Gasteiger partial charge < -0.3 is 9.84 Å². The van der Waals surface area contributed by atoms with Gasteiger partial charge in [0.05, 0.1) is 23.0 Å². The second-order valence-corrected chi connectivity index (χ2v) is 8.73. The van der Waals surface area contributed by atoms with Crippen molar-refractivity contribution >= 4 is 0 Å². The van der Waals surface area contributed by atoms with E-state index in [1.54, 1.807) is 0 Å². The zero-order valence-electron chi connectivity index (χ0n) is 18.8. The number of hydrogen-bond donors (Lipinski definition) is 1. The van der Waals surface area contributed by atoms with Gasteiger partial charge in [0.1, 0.15) is 5.75 Å². The maximum Gasteiger partial charge on any atom is 0.227 e. The van der Waals surface area contributed by atoms with Crippen molar-refractivity contribution in [3.63, 3.8) is 0 Å². The van der Waals surface area contributed by atoms with Gasteiger partial charge in [-0.2, -0.15) is 5.10 Å². The lowest BCUT2D eigenvalue weighted by atomic mass is 10.1. The Bertz CT molecular complexity index is 972. The Kier molecular flexibility index (Phi) is 6.73. The van der Waals surface area contributed by atoms with Gasteiger partial charge in [-0.15, -0.1) is 0 Å². The predicted molar refractivity (Wildman–Crippen MR) is 124 cm³/mol. The van der Waals surface area contributed by atoms with Crippen LogP contribution in [0.2, 0.25) is 0 Å². The quantitative estimate of drug-likeness (QED) is 0.495. The maximum absolute atomic E-state index is 10.1. The molecule has 1 heterocycles. The zero-order valence-corrected chi connectivity index (χ0v) is 18.8. The van der Waals surface area contributed by atoms with Gasteiger partial charge in [-0.05, 0) is 63.3 Å². The van der Waals surface area contributed by atoms with Crippen LogP contribution in [0.4, 0.5) is 0 Å². The van der Waals surface area contributed by atoms with Crippen LogP contribution in [0.1, 0.15) is 43.5 Å². The SMILES string of the molecule is CCc1nn(-c2ccccc2)c(Oc2ccc(C)cc2)c1CN(CC1CC1)C[C@@H](C)O. The molecule has 4 rings (SSSR count). The van der Waals surface area contributed by atoms with Crippen molar-refractivity contribution in [1.82, 2.24) is 14.7 Å². The molecular formula is C26H33N3O2. The van der Waals surface area contributed by atoms with Gasteiger partial charge in [0.25, 0.3) is 0 Å². The van der Waals surface area contributed by atoms with E-state index in [0.29, 0.717) is 6.54 Å². The molecule has 0 bridgehead atoms. The number of aryl methyl sites for hydroxylation is 2. The normalized spacial score (nSPS) is 14.7. The second-order valence-electron chi connectivity index (χ2n) is 8.73. The molecule has 0 aliphatic heterocycles. The minimum atomic E-state index is -0.366. The van der Waals surface area contributed by atoms with Crippen LogP contribution in [0, 0.1) is 12.8 Å². The van der Waals surface area contributed by atoms with Crippen molar-refractivity contribution in [2.24, 2.45) is 5.92 Å². The average molecular weight is 420 g/mol. The Morgan fingerprint density at radius 1 is 1.13 bits per heavy atom. The van der Waals surface area contributed by atoms with Crippen LogP contribution in [0.25, 0.3) is 5.69 Å². The first-order valence-electron chi connectivity index (χ1n) is 11.3. The van der Waals surface area contributed by atoms with E-state index in [2.05, 4.69) is 43.0 Å². The third-order valence-electron chi connectivity index (χ3n) is 5.71. The van der Waals surface area contributed by atoms with E-state index in [4.69, 9.17) is 9.84 Å². The molecule has 1 aliphatic carbocycles. The Morgan fingerprint density at radius 3 is 2.45 bits per heavy atom. The second kappa shape index (κ2) is 9.67. The molecule has 3 aromatic rings. The van der Waals surface area contributed by atoms with Crippen LogP contribution in [-0.4, -0.2) is 39.0 Å². The molecule has 0 amide bonds. The summed E-state index contributed by atoms with van der Waals surface area (Å²) in [6.07, 6.45) is 3.03. The Morgan fingerprint density at radius 2 is 1.84 bits per heavy atom. The summed E-state index contributed by atoms with van der Waals surface area (Å²) in [7, 11) is 0. The van der Waals surface area contributed by atoms with E-state index >= 15 is 0 Å². The van der Waals surface area contributed by atoms with Crippen LogP contribution in [-0.2, 0) is 13.0 Å². The fourth-order valence-electron chi connectivity index (χ4n) is 3.95. The van der Waals surface area contributed by atoms with E-state index in [1.807, 2.05) is 41.9 Å². The molecule has 5 nitrogen and oxygen atoms in total. The number of aliphatic hydroxyl groups is 1. The first-order valence-corrected chi connectivity index (χ1v) is 11.3. The minimum absolute atomic E-state index is 0.366. The van der Waals surface area contributed by atoms with Gasteiger partial charge in [-0.3, -0.25) is 4.90 Å².